The number of carbonyl (C=O) groups is 1. The largest absolute Gasteiger partial charge is 0.339 e. The Morgan fingerprint density at radius 2 is 1.95 bits per heavy atom. The van der Waals surface area contributed by atoms with E-state index in [0.717, 1.165) is 43.1 Å². The Kier molecular flexibility index (Phi) is 3.93. The SMILES string of the molecule is CC1CCN(C(=O)c2ccnc(C(C)(C)C)c2)CC1. The molecule has 0 radical (unpaired) electrons. The number of amides is 1. The van der Waals surface area contributed by atoms with Crippen LogP contribution in [0.15, 0.2) is 18.3 Å². The molecule has 1 amide bonds. The number of piperidine rings is 1. The first-order valence-corrected chi connectivity index (χ1v) is 7.14. The third kappa shape index (κ3) is 3.34. The molecule has 19 heavy (non-hydrogen) atoms. The highest BCUT2D eigenvalue weighted by Crippen LogP contribution is 2.22. The van der Waals surface area contributed by atoms with Crippen LogP contribution in [0, 0.1) is 5.92 Å². The summed E-state index contributed by atoms with van der Waals surface area (Å²) >= 11 is 0. The molecular formula is C16H24N2O. The second-order valence-electron chi connectivity index (χ2n) is 6.65. The molecule has 1 fully saturated rings. The zero-order valence-electron chi connectivity index (χ0n) is 12.4. The number of aromatic nitrogens is 1. The molecule has 0 spiro atoms. The molecule has 0 aliphatic carbocycles. The van der Waals surface area contributed by atoms with Gasteiger partial charge in [-0.3, -0.25) is 9.78 Å². The first-order chi connectivity index (χ1) is 8.88. The molecule has 0 N–H and O–H groups in total. The van der Waals surface area contributed by atoms with Crippen LogP contribution in [-0.2, 0) is 5.41 Å². The van der Waals surface area contributed by atoms with E-state index in [4.69, 9.17) is 0 Å². The van der Waals surface area contributed by atoms with Gasteiger partial charge in [0.05, 0.1) is 0 Å². The first-order valence-electron chi connectivity index (χ1n) is 7.14. The minimum Gasteiger partial charge on any atom is -0.339 e. The van der Waals surface area contributed by atoms with Gasteiger partial charge in [-0.15, -0.1) is 0 Å². The number of pyridine rings is 1. The first kappa shape index (κ1) is 14.0. The quantitative estimate of drug-likeness (QED) is 0.776. The van der Waals surface area contributed by atoms with Crippen molar-refractivity contribution < 1.29 is 4.79 Å². The van der Waals surface area contributed by atoms with Crippen molar-refractivity contribution >= 4 is 5.91 Å². The summed E-state index contributed by atoms with van der Waals surface area (Å²) in [6, 6.07) is 3.77. The molecule has 2 rings (SSSR count). The van der Waals surface area contributed by atoms with Crippen LogP contribution < -0.4 is 0 Å². The van der Waals surface area contributed by atoms with Crippen LogP contribution in [0.2, 0.25) is 0 Å². The van der Waals surface area contributed by atoms with Gasteiger partial charge in [0.2, 0.25) is 0 Å². The molecule has 0 saturated carbocycles. The summed E-state index contributed by atoms with van der Waals surface area (Å²) in [7, 11) is 0. The van der Waals surface area contributed by atoms with E-state index in [9.17, 15) is 4.79 Å². The van der Waals surface area contributed by atoms with E-state index in [1.165, 1.54) is 0 Å². The summed E-state index contributed by atoms with van der Waals surface area (Å²) in [5.74, 6) is 0.895. The average molecular weight is 260 g/mol. The van der Waals surface area contributed by atoms with Gasteiger partial charge in [0.25, 0.3) is 5.91 Å². The van der Waals surface area contributed by atoms with Crippen LogP contribution in [0.3, 0.4) is 0 Å². The Hall–Kier alpha value is -1.38. The lowest BCUT2D eigenvalue weighted by Gasteiger charge is -2.30. The second kappa shape index (κ2) is 5.32. The van der Waals surface area contributed by atoms with Crippen LogP contribution in [0.5, 0.6) is 0 Å². The lowest BCUT2D eigenvalue weighted by Crippen LogP contribution is -2.38. The Labute approximate surface area is 116 Å². The van der Waals surface area contributed by atoms with E-state index in [1.807, 2.05) is 17.0 Å². The van der Waals surface area contributed by atoms with Crippen molar-refractivity contribution in [3.05, 3.63) is 29.6 Å². The van der Waals surface area contributed by atoms with Gasteiger partial charge in [-0.25, -0.2) is 0 Å². The summed E-state index contributed by atoms with van der Waals surface area (Å²) in [5, 5.41) is 0. The molecular weight excluding hydrogens is 236 g/mol. The Balaban J connectivity index is 2.15. The summed E-state index contributed by atoms with van der Waals surface area (Å²) in [6.07, 6.45) is 3.98. The summed E-state index contributed by atoms with van der Waals surface area (Å²) in [6.45, 7) is 10.4. The van der Waals surface area contributed by atoms with Gasteiger partial charge in [-0.2, -0.15) is 0 Å². The molecule has 1 aliphatic rings. The van der Waals surface area contributed by atoms with Crippen LogP contribution in [0.1, 0.15) is 56.6 Å². The van der Waals surface area contributed by atoms with E-state index in [2.05, 4.69) is 32.7 Å². The highest BCUT2D eigenvalue weighted by atomic mass is 16.2. The Bertz CT molecular complexity index is 454. The zero-order valence-corrected chi connectivity index (χ0v) is 12.4. The minimum absolute atomic E-state index is 0.0211. The topological polar surface area (TPSA) is 33.2 Å². The van der Waals surface area contributed by atoms with Gasteiger partial charge in [0.15, 0.2) is 0 Å². The van der Waals surface area contributed by atoms with Crippen molar-refractivity contribution in [2.75, 3.05) is 13.1 Å². The van der Waals surface area contributed by atoms with Crippen LogP contribution in [-0.4, -0.2) is 28.9 Å². The van der Waals surface area contributed by atoms with Crippen molar-refractivity contribution in [1.82, 2.24) is 9.88 Å². The second-order valence-corrected chi connectivity index (χ2v) is 6.65. The zero-order chi connectivity index (χ0) is 14.0. The van der Waals surface area contributed by atoms with E-state index >= 15 is 0 Å². The van der Waals surface area contributed by atoms with E-state index in [-0.39, 0.29) is 11.3 Å². The van der Waals surface area contributed by atoms with Gasteiger partial charge in [-0.1, -0.05) is 27.7 Å². The highest BCUT2D eigenvalue weighted by molar-refractivity contribution is 5.94. The predicted molar refractivity (Wildman–Crippen MR) is 77.2 cm³/mol. The van der Waals surface area contributed by atoms with Crippen molar-refractivity contribution in [3.8, 4) is 0 Å². The van der Waals surface area contributed by atoms with Crippen molar-refractivity contribution in [3.63, 3.8) is 0 Å². The molecule has 0 atom stereocenters. The van der Waals surface area contributed by atoms with Crippen LogP contribution in [0.25, 0.3) is 0 Å². The molecule has 0 bridgehead atoms. The molecule has 0 unspecified atom stereocenters. The maximum Gasteiger partial charge on any atom is 0.253 e. The van der Waals surface area contributed by atoms with E-state index in [0.29, 0.717) is 0 Å². The summed E-state index contributed by atoms with van der Waals surface area (Å²) in [5.41, 5.74) is 1.73. The van der Waals surface area contributed by atoms with Crippen molar-refractivity contribution in [2.45, 2.75) is 46.0 Å². The molecule has 3 heteroatoms. The summed E-state index contributed by atoms with van der Waals surface area (Å²) < 4.78 is 0. The molecule has 3 nitrogen and oxygen atoms in total. The molecule has 1 saturated heterocycles. The van der Waals surface area contributed by atoms with Crippen molar-refractivity contribution in [2.24, 2.45) is 5.92 Å². The number of hydrogen-bond donors (Lipinski definition) is 0. The third-order valence-electron chi connectivity index (χ3n) is 3.85. The van der Waals surface area contributed by atoms with E-state index < -0.39 is 0 Å². The fourth-order valence-corrected chi connectivity index (χ4v) is 2.37. The van der Waals surface area contributed by atoms with Crippen LogP contribution in [0.4, 0.5) is 0 Å². The molecule has 2 heterocycles. The lowest BCUT2D eigenvalue weighted by atomic mass is 9.90. The predicted octanol–water partition coefficient (Wildman–Crippen LogP) is 3.25. The number of carbonyl (C=O) groups excluding carboxylic acids is 1. The van der Waals surface area contributed by atoms with Gasteiger partial charge in [0, 0.05) is 36.0 Å². The highest BCUT2D eigenvalue weighted by Gasteiger charge is 2.23. The Morgan fingerprint density at radius 3 is 2.53 bits per heavy atom. The standard InChI is InChI=1S/C16H24N2O/c1-12-6-9-18(10-7-12)15(19)13-5-8-17-14(11-13)16(2,3)4/h5,8,11-12H,6-7,9-10H2,1-4H3. The normalized spacial score (nSPS) is 17.6. The molecule has 104 valence electrons. The molecule has 1 aromatic heterocycles. The lowest BCUT2D eigenvalue weighted by molar-refractivity contribution is 0.0697. The van der Waals surface area contributed by atoms with Gasteiger partial charge in [-0.05, 0) is 30.9 Å². The number of nitrogens with zero attached hydrogens (tertiary/aromatic N) is 2. The van der Waals surface area contributed by atoms with Crippen molar-refractivity contribution in [1.29, 1.82) is 0 Å². The fourth-order valence-electron chi connectivity index (χ4n) is 2.37. The fraction of sp³-hybridized carbons (Fsp3) is 0.625. The molecule has 1 aliphatic heterocycles. The molecule has 1 aromatic rings. The summed E-state index contributed by atoms with van der Waals surface area (Å²) in [4.78, 5) is 18.8. The Morgan fingerprint density at radius 1 is 1.32 bits per heavy atom. The minimum atomic E-state index is -0.0211. The smallest absolute Gasteiger partial charge is 0.253 e. The van der Waals surface area contributed by atoms with E-state index in [1.54, 1.807) is 6.20 Å². The molecule has 0 aromatic carbocycles. The maximum atomic E-state index is 12.5. The number of hydrogen-bond acceptors (Lipinski definition) is 2. The van der Waals surface area contributed by atoms with Gasteiger partial charge < -0.3 is 4.90 Å². The van der Waals surface area contributed by atoms with Crippen LogP contribution >= 0.6 is 0 Å². The van der Waals surface area contributed by atoms with Gasteiger partial charge in [0.1, 0.15) is 0 Å². The monoisotopic (exact) mass is 260 g/mol. The average Bonchev–Trinajstić information content (AvgIpc) is 2.38. The van der Waals surface area contributed by atoms with Gasteiger partial charge >= 0.3 is 0 Å². The third-order valence-corrected chi connectivity index (χ3v) is 3.85. The number of rotatable bonds is 1. The maximum absolute atomic E-state index is 12.5. The number of likely N-dealkylation sites (tertiary alicyclic amines) is 1.